The lowest BCUT2D eigenvalue weighted by Crippen LogP contribution is -2.15. The first-order chi connectivity index (χ1) is 35.9. The number of para-hydroxylation sites is 2. The summed E-state index contributed by atoms with van der Waals surface area (Å²) in [6, 6.07) is 75.6. The Labute approximate surface area is 432 Å². The molecule has 0 aliphatic carbocycles. The molecule has 0 aliphatic rings. The van der Waals surface area contributed by atoms with Gasteiger partial charge >= 0.3 is 0 Å². The highest BCUT2D eigenvalue weighted by Crippen LogP contribution is 2.50. The predicted octanol–water partition coefficient (Wildman–Crippen LogP) is 20.3. The smallest absolute Gasteiger partial charge is 0.147 e. The Kier molecular flexibility index (Phi) is 11.6. The zero-order chi connectivity index (χ0) is 50.8. The summed E-state index contributed by atoms with van der Waals surface area (Å²) in [5.74, 6) is -0.631. The number of aryl methyl sites for hydroxylation is 6. The lowest BCUT2D eigenvalue weighted by Gasteiger charge is -2.31. The summed E-state index contributed by atoms with van der Waals surface area (Å²) in [5.41, 5.74) is 19.1. The monoisotopic (exact) mass is 960 g/mol. The van der Waals surface area contributed by atoms with Gasteiger partial charge in [-0.1, -0.05) is 180 Å². The molecule has 0 N–H and O–H groups in total. The van der Waals surface area contributed by atoms with Crippen LogP contribution in [0.15, 0.2) is 218 Å². The first-order valence-electron chi connectivity index (χ1n) is 25.3. The minimum atomic E-state index is -0.315. The SMILES string of the molecule is Cc1ccc(-c2cc(-c3ccc(C)cc3)cc(N(c3c(C)cccc3F)c3ccc4ccc5c(N(c6cc(-c7ccc(C)cc7)cc(-c7ccc(C)cc7)c6)c6c(C)cccc6F)ccc6ccc3c4c65)c2)cc1. The fraction of sp³-hybridized carbons (Fsp3) is 0.0857. The molecular weight excluding hydrogens is 907 g/mol. The second-order valence-corrected chi connectivity index (χ2v) is 20.1. The number of hydrogen-bond acceptors (Lipinski definition) is 2. The number of halogens is 2. The van der Waals surface area contributed by atoms with Gasteiger partial charge in [-0.3, -0.25) is 0 Å². The van der Waals surface area contributed by atoms with Crippen molar-refractivity contribution in [1.29, 1.82) is 0 Å². The van der Waals surface area contributed by atoms with E-state index in [1.54, 1.807) is 24.3 Å². The average Bonchev–Trinajstić information content (AvgIpc) is 3.41. The van der Waals surface area contributed by atoms with E-state index in [1.165, 1.54) is 22.3 Å². The van der Waals surface area contributed by atoms with Crippen molar-refractivity contribution in [2.45, 2.75) is 41.5 Å². The predicted molar refractivity (Wildman–Crippen MR) is 310 cm³/mol. The van der Waals surface area contributed by atoms with Crippen molar-refractivity contribution in [3.05, 3.63) is 263 Å². The molecule has 0 fully saturated rings. The van der Waals surface area contributed by atoms with E-state index < -0.39 is 0 Å². The van der Waals surface area contributed by atoms with Crippen molar-refractivity contribution >= 4 is 66.4 Å². The van der Waals surface area contributed by atoms with Crippen LogP contribution in [-0.2, 0) is 0 Å². The average molecular weight is 961 g/mol. The van der Waals surface area contributed by atoms with Gasteiger partial charge in [-0.25, -0.2) is 8.78 Å². The molecule has 12 aromatic rings. The highest BCUT2D eigenvalue weighted by molar-refractivity contribution is 6.28. The lowest BCUT2D eigenvalue weighted by atomic mass is 9.91. The van der Waals surface area contributed by atoms with Crippen LogP contribution in [0, 0.1) is 53.2 Å². The maximum atomic E-state index is 17.0. The molecule has 0 saturated carbocycles. The number of benzene rings is 12. The van der Waals surface area contributed by atoms with Crippen molar-refractivity contribution in [1.82, 2.24) is 0 Å². The van der Waals surface area contributed by atoms with Gasteiger partial charge < -0.3 is 9.80 Å². The molecule has 0 heterocycles. The van der Waals surface area contributed by atoms with E-state index in [1.807, 2.05) is 26.0 Å². The van der Waals surface area contributed by atoms with E-state index in [9.17, 15) is 0 Å². The van der Waals surface area contributed by atoms with Gasteiger partial charge in [0.15, 0.2) is 0 Å². The van der Waals surface area contributed by atoms with Gasteiger partial charge in [0.25, 0.3) is 0 Å². The van der Waals surface area contributed by atoms with Gasteiger partial charge in [-0.15, -0.1) is 0 Å². The van der Waals surface area contributed by atoms with Crippen molar-refractivity contribution < 1.29 is 8.78 Å². The van der Waals surface area contributed by atoms with Gasteiger partial charge in [0.1, 0.15) is 11.6 Å². The Morgan fingerprint density at radius 2 is 0.581 bits per heavy atom. The van der Waals surface area contributed by atoms with Crippen LogP contribution in [-0.4, -0.2) is 0 Å². The van der Waals surface area contributed by atoms with Gasteiger partial charge in [-0.2, -0.15) is 0 Å². The van der Waals surface area contributed by atoms with Crippen molar-refractivity contribution in [3.63, 3.8) is 0 Å². The molecule has 12 rings (SSSR count). The van der Waals surface area contributed by atoms with Gasteiger partial charge in [-0.05, 0) is 179 Å². The van der Waals surface area contributed by atoms with Crippen molar-refractivity contribution in [2.24, 2.45) is 0 Å². The van der Waals surface area contributed by atoms with E-state index in [2.05, 4.69) is 219 Å². The lowest BCUT2D eigenvalue weighted by molar-refractivity contribution is 0.627. The molecule has 358 valence electrons. The molecule has 0 aromatic heterocycles. The number of nitrogens with zero attached hydrogens (tertiary/aromatic N) is 2. The van der Waals surface area contributed by atoms with Crippen molar-refractivity contribution in [2.75, 3.05) is 9.80 Å². The van der Waals surface area contributed by atoms with Crippen LogP contribution in [0.3, 0.4) is 0 Å². The fourth-order valence-corrected chi connectivity index (χ4v) is 10.9. The molecule has 0 unspecified atom stereocenters. The van der Waals surface area contributed by atoms with Crippen LogP contribution in [0.25, 0.3) is 76.8 Å². The van der Waals surface area contributed by atoms with Crippen LogP contribution < -0.4 is 9.80 Å². The zero-order valence-electron chi connectivity index (χ0n) is 42.4. The number of rotatable bonds is 10. The molecule has 4 heteroatoms. The number of anilines is 6. The third kappa shape index (κ3) is 8.32. The summed E-state index contributed by atoms with van der Waals surface area (Å²) in [7, 11) is 0. The van der Waals surface area contributed by atoms with E-state index in [4.69, 9.17) is 0 Å². The summed E-state index contributed by atoms with van der Waals surface area (Å²) >= 11 is 0. The molecular formula is C70H54F2N2. The zero-order valence-corrected chi connectivity index (χ0v) is 42.4. The largest absolute Gasteiger partial charge is 0.307 e. The van der Waals surface area contributed by atoms with Crippen LogP contribution in [0.4, 0.5) is 42.9 Å². The Morgan fingerprint density at radius 1 is 0.284 bits per heavy atom. The van der Waals surface area contributed by atoms with Crippen LogP contribution in [0.5, 0.6) is 0 Å². The highest BCUT2D eigenvalue weighted by atomic mass is 19.1. The molecule has 2 nitrogen and oxygen atoms in total. The maximum absolute atomic E-state index is 17.0. The first-order valence-corrected chi connectivity index (χ1v) is 25.3. The highest BCUT2D eigenvalue weighted by Gasteiger charge is 2.27. The number of hydrogen-bond donors (Lipinski definition) is 0. The molecule has 0 spiro atoms. The quantitative estimate of drug-likeness (QED) is 0.126. The van der Waals surface area contributed by atoms with E-state index in [0.29, 0.717) is 11.4 Å². The van der Waals surface area contributed by atoms with Gasteiger partial charge in [0.2, 0.25) is 0 Å². The normalized spacial score (nSPS) is 11.5. The summed E-state index contributed by atoms with van der Waals surface area (Å²) in [6.45, 7) is 12.4. The molecule has 74 heavy (non-hydrogen) atoms. The second kappa shape index (κ2) is 18.6. The van der Waals surface area contributed by atoms with Crippen LogP contribution in [0.1, 0.15) is 33.4 Å². The molecule has 0 saturated heterocycles. The van der Waals surface area contributed by atoms with E-state index in [0.717, 1.165) is 111 Å². The molecule has 0 aliphatic heterocycles. The summed E-state index contributed by atoms with van der Waals surface area (Å²) in [5, 5.41) is 6.13. The van der Waals surface area contributed by atoms with Gasteiger partial charge in [0, 0.05) is 22.1 Å². The topological polar surface area (TPSA) is 6.48 Å². The summed E-state index contributed by atoms with van der Waals surface area (Å²) in [6.07, 6.45) is 0. The van der Waals surface area contributed by atoms with Crippen molar-refractivity contribution in [3.8, 4) is 44.5 Å². The third-order valence-corrected chi connectivity index (χ3v) is 14.8. The molecule has 0 bridgehead atoms. The second-order valence-electron chi connectivity index (χ2n) is 20.1. The Morgan fingerprint density at radius 3 is 0.878 bits per heavy atom. The fourth-order valence-electron chi connectivity index (χ4n) is 10.9. The van der Waals surface area contributed by atoms with E-state index >= 15 is 8.78 Å². The van der Waals surface area contributed by atoms with Gasteiger partial charge in [0.05, 0.1) is 22.7 Å². The van der Waals surface area contributed by atoms with Crippen LogP contribution in [0.2, 0.25) is 0 Å². The first kappa shape index (κ1) is 46.2. The Balaban J connectivity index is 1.12. The molecule has 0 amide bonds. The Bertz CT molecular complexity index is 3640. The van der Waals surface area contributed by atoms with Crippen LogP contribution >= 0.6 is 0 Å². The maximum Gasteiger partial charge on any atom is 0.147 e. The minimum Gasteiger partial charge on any atom is -0.307 e. The minimum absolute atomic E-state index is 0.315. The molecule has 0 atom stereocenters. The summed E-state index contributed by atoms with van der Waals surface area (Å²) < 4.78 is 33.9. The molecule has 0 radical (unpaired) electrons. The summed E-state index contributed by atoms with van der Waals surface area (Å²) in [4.78, 5) is 4.23. The Hall–Kier alpha value is -8.86. The van der Waals surface area contributed by atoms with E-state index in [-0.39, 0.29) is 11.6 Å². The molecule has 12 aromatic carbocycles. The third-order valence-electron chi connectivity index (χ3n) is 14.8. The standard InChI is InChI=1S/C70H54F2N2/c1-43-13-21-49(22-14-43)55-37-56(50-23-15-44(2)16-24-50)40-59(39-55)73(69-47(5)9-7-11-63(69)71)65-35-31-53-30-34-62-66(36-32-54-29-33-61(65)67(53)68(54)62)74(70-48(6)10-8-12-64(70)72)60-41-57(51-25-17-45(3)18-26-51)38-58(42-60)52-27-19-46(4)20-28-52/h7-42H,1-6H3.